The minimum atomic E-state index is -3.46. The molecule has 7 heteroatoms. The van der Waals surface area contributed by atoms with Gasteiger partial charge in [-0.15, -0.1) is 11.3 Å². The van der Waals surface area contributed by atoms with Crippen LogP contribution in [-0.2, 0) is 21.9 Å². The van der Waals surface area contributed by atoms with Gasteiger partial charge in [0.15, 0.2) is 0 Å². The number of benzene rings is 1. The molecule has 0 bridgehead atoms. The SMILES string of the molecule is CC(C)(C)c1csc(CCN=C2NS(=O)(=O)c3ccccc32)n1. The predicted molar refractivity (Wildman–Crippen MR) is 92.7 cm³/mol. The molecule has 1 aliphatic heterocycles. The quantitative estimate of drug-likeness (QED) is 0.926. The Labute approximate surface area is 140 Å². The number of hydrogen-bond acceptors (Lipinski definition) is 5. The second kappa shape index (κ2) is 5.72. The van der Waals surface area contributed by atoms with Gasteiger partial charge in [0.25, 0.3) is 10.0 Å². The fraction of sp³-hybridized carbons (Fsp3) is 0.375. The lowest BCUT2D eigenvalue weighted by Gasteiger charge is -2.14. The third-order valence-electron chi connectivity index (χ3n) is 3.58. The fourth-order valence-electron chi connectivity index (χ4n) is 2.28. The smallest absolute Gasteiger partial charge is 0.263 e. The highest BCUT2D eigenvalue weighted by atomic mass is 32.2. The first-order valence-corrected chi connectivity index (χ1v) is 9.75. The van der Waals surface area contributed by atoms with Crippen molar-refractivity contribution in [3.05, 3.63) is 45.9 Å². The van der Waals surface area contributed by atoms with Gasteiger partial charge in [-0.25, -0.2) is 13.4 Å². The van der Waals surface area contributed by atoms with Crippen LogP contribution in [0.2, 0.25) is 0 Å². The van der Waals surface area contributed by atoms with E-state index in [2.05, 4.69) is 40.8 Å². The van der Waals surface area contributed by atoms with Gasteiger partial charge in [-0.3, -0.25) is 9.71 Å². The summed E-state index contributed by atoms with van der Waals surface area (Å²) in [6.45, 7) is 6.91. The van der Waals surface area contributed by atoms with Gasteiger partial charge in [0.2, 0.25) is 0 Å². The van der Waals surface area contributed by atoms with E-state index >= 15 is 0 Å². The summed E-state index contributed by atoms with van der Waals surface area (Å²) in [7, 11) is -3.46. The van der Waals surface area contributed by atoms with Crippen LogP contribution in [0.25, 0.3) is 0 Å². The Morgan fingerprint density at radius 3 is 2.70 bits per heavy atom. The molecular weight excluding hydrogens is 330 g/mol. The number of nitrogens with zero attached hydrogens (tertiary/aromatic N) is 2. The zero-order valence-electron chi connectivity index (χ0n) is 13.3. The fourth-order valence-corrected chi connectivity index (χ4v) is 4.55. The molecule has 2 aromatic rings. The first-order valence-electron chi connectivity index (χ1n) is 7.39. The largest absolute Gasteiger partial charge is 0.267 e. The van der Waals surface area contributed by atoms with Gasteiger partial charge in [-0.1, -0.05) is 32.9 Å². The Balaban J connectivity index is 1.74. The van der Waals surface area contributed by atoms with Crippen LogP contribution in [0.15, 0.2) is 39.5 Å². The number of amidine groups is 1. The molecule has 2 heterocycles. The summed E-state index contributed by atoms with van der Waals surface area (Å²) in [6, 6.07) is 6.89. The molecule has 0 spiro atoms. The monoisotopic (exact) mass is 349 g/mol. The van der Waals surface area contributed by atoms with E-state index in [1.807, 2.05) is 6.07 Å². The number of rotatable bonds is 3. The maximum atomic E-state index is 12.0. The number of aliphatic imine (C=N–C) groups is 1. The van der Waals surface area contributed by atoms with Crippen molar-refractivity contribution in [1.29, 1.82) is 0 Å². The molecule has 0 unspecified atom stereocenters. The number of sulfonamides is 1. The molecule has 3 rings (SSSR count). The molecule has 23 heavy (non-hydrogen) atoms. The lowest BCUT2D eigenvalue weighted by Crippen LogP contribution is -2.22. The molecule has 1 aromatic heterocycles. The molecule has 0 amide bonds. The molecule has 1 aliphatic rings. The second-order valence-corrected chi connectivity index (χ2v) is 9.05. The van der Waals surface area contributed by atoms with E-state index in [0.717, 1.165) is 10.7 Å². The summed E-state index contributed by atoms with van der Waals surface area (Å²) < 4.78 is 26.5. The van der Waals surface area contributed by atoms with E-state index in [1.165, 1.54) is 0 Å². The number of nitrogens with one attached hydrogen (secondary N) is 1. The molecule has 0 saturated heterocycles. The van der Waals surface area contributed by atoms with Gasteiger partial charge in [0.05, 0.1) is 15.6 Å². The van der Waals surface area contributed by atoms with Crippen molar-refractivity contribution >= 4 is 27.2 Å². The molecule has 0 saturated carbocycles. The molecule has 0 atom stereocenters. The van der Waals surface area contributed by atoms with Gasteiger partial charge in [0.1, 0.15) is 5.84 Å². The first kappa shape index (κ1) is 16.1. The highest BCUT2D eigenvalue weighted by molar-refractivity contribution is 7.90. The van der Waals surface area contributed by atoms with Crippen molar-refractivity contribution in [3.8, 4) is 0 Å². The minimum absolute atomic E-state index is 0.0423. The Morgan fingerprint density at radius 1 is 1.26 bits per heavy atom. The number of thiazole rings is 1. The highest BCUT2D eigenvalue weighted by Crippen LogP contribution is 2.25. The maximum Gasteiger partial charge on any atom is 0.263 e. The van der Waals surface area contributed by atoms with E-state index in [0.29, 0.717) is 29.3 Å². The lowest BCUT2D eigenvalue weighted by molar-refractivity contribution is 0.571. The van der Waals surface area contributed by atoms with Crippen molar-refractivity contribution in [1.82, 2.24) is 9.71 Å². The maximum absolute atomic E-state index is 12.0. The van der Waals surface area contributed by atoms with E-state index in [9.17, 15) is 8.42 Å². The number of aromatic nitrogens is 1. The van der Waals surface area contributed by atoms with Crippen LogP contribution in [0.5, 0.6) is 0 Å². The van der Waals surface area contributed by atoms with Crippen molar-refractivity contribution in [2.45, 2.75) is 37.5 Å². The van der Waals surface area contributed by atoms with Gasteiger partial charge < -0.3 is 0 Å². The molecular formula is C16H19N3O2S2. The molecule has 1 aromatic carbocycles. The average molecular weight is 349 g/mol. The Hall–Kier alpha value is -1.73. The van der Waals surface area contributed by atoms with Crippen LogP contribution in [-0.4, -0.2) is 25.8 Å². The summed E-state index contributed by atoms with van der Waals surface area (Å²) in [5, 5.41) is 3.10. The topological polar surface area (TPSA) is 71.4 Å². The number of hydrogen-bond donors (Lipinski definition) is 1. The zero-order chi connectivity index (χ0) is 16.7. The third kappa shape index (κ3) is 3.30. The molecule has 0 radical (unpaired) electrons. The molecule has 1 N–H and O–H groups in total. The minimum Gasteiger partial charge on any atom is -0.267 e. The normalized spacial score (nSPS) is 18.0. The summed E-state index contributed by atoms with van der Waals surface area (Å²) in [5.41, 5.74) is 1.76. The summed E-state index contributed by atoms with van der Waals surface area (Å²) in [6.07, 6.45) is 0.703. The Bertz CT molecular complexity index is 861. The Morgan fingerprint density at radius 2 is 2.00 bits per heavy atom. The van der Waals surface area contributed by atoms with E-state index in [-0.39, 0.29) is 5.41 Å². The summed E-state index contributed by atoms with van der Waals surface area (Å²) in [4.78, 5) is 9.34. The van der Waals surface area contributed by atoms with Crippen molar-refractivity contribution in [2.24, 2.45) is 4.99 Å². The van der Waals surface area contributed by atoms with Gasteiger partial charge in [-0.2, -0.15) is 0 Å². The average Bonchev–Trinajstić information content (AvgIpc) is 3.03. The van der Waals surface area contributed by atoms with Crippen LogP contribution < -0.4 is 4.72 Å². The van der Waals surface area contributed by atoms with Gasteiger partial charge in [-0.05, 0) is 12.1 Å². The highest BCUT2D eigenvalue weighted by Gasteiger charge is 2.29. The summed E-state index contributed by atoms with van der Waals surface area (Å²) in [5.74, 6) is 0.424. The van der Waals surface area contributed by atoms with Crippen LogP contribution in [0.4, 0.5) is 0 Å². The molecule has 0 fully saturated rings. The van der Waals surface area contributed by atoms with Crippen LogP contribution in [0, 0.1) is 0 Å². The first-order chi connectivity index (χ1) is 10.8. The van der Waals surface area contributed by atoms with E-state index in [1.54, 1.807) is 29.5 Å². The summed E-state index contributed by atoms with van der Waals surface area (Å²) >= 11 is 1.63. The second-order valence-electron chi connectivity index (χ2n) is 6.46. The van der Waals surface area contributed by atoms with Crippen molar-refractivity contribution in [2.75, 3.05) is 6.54 Å². The van der Waals surface area contributed by atoms with Crippen LogP contribution in [0.3, 0.4) is 0 Å². The van der Waals surface area contributed by atoms with Gasteiger partial charge >= 0.3 is 0 Å². The van der Waals surface area contributed by atoms with Gasteiger partial charge in [0, 0.05) is 29.3 Å². The molecule has 122 valence electrons. The standard InChI is InChI=1S/C16H19N3O2S2/c1-16(2,3)13-10-22-14(18-13)8-9-17-15-11-6-4-5-7-12(11)23(20,21)19-15/h4-7,10H,8-9H2,1-3H3,(H,17,19). The van der Waals surface area contributed by atoms with E-state index < -0.39 is 10.0 Å². The number of fused-ring (bicyclic) bond motifs is 1. The molecule has 0 aliphatic carbocycles. The third-order valence-corrected chi connectivity index (χ3v) is 5.88. The molecule has 5 nitrogen and oxygen atoms in total. The zero-order valence-corrected chi connectivity index (χ0v) is 15.0. The van der Waals surface area contributed by atoms with E-state index in [4.69, 9.17) is 0 Å². The Kier molecular flexibility index (Phi) is 4.01. The van der Waals surface area contributed by atoms with Crippen molar-refractivity contribution in [3.63, 3.8) is 0 Å². The van der Waals surface area contributed by atoms with Crippen LogP contribution in [0.1, 0.15) is 37.0 Å². The lowest BCUT2D eigenvalue weighted by atomic mass is 9.93. The predicted octanol–water partition coefficient (Wildman–Crippen LogP) is 2.72. The van der Waals surface area contributed by atoms with Crippen molar-refractivity contribution < 1.29 is 8.42 Å². The van der Waals surface area contributed by atoms with Crippen LogP contribution >= 0.6 is 11.3 Å².